The molecule has 0 bridgehead atoms. The molecule has 1 aliphatic carbocycles. The van der Waals surface area contributed by atoms with Gasteiger partial charge in [0, 0.05) is 31.3 Å². The fourth-order valence-electron chi connectivity index (χ4n) is 1.64. The van der Waals surface area contributed by atoms with Crippen molar-refractivity contribution < 1.29 is 4.52 Å². The van der Waals surface area contributed by atoms with E-state index in [2.05, 4.69) is 15.1 Å². The van der Waals surface area contributed by atoms with E-state index < -0.39 is 0 Å². The average molecular weight is 232 g/mol. The van der Waals surface area contributed by atoms with Crippen LogP contribution in [0.1, 0.15) is 24.5 Å². The van der Waals surface area contributed by atoms with Gasteiger partial charge < -0.3 is 4.52 Å². The molecule has 2 aromatic rings. The molecule has 0 radical (unpaired) electrons. The van der Waals surface area contributed by atoms with Gasteiger partial charge in [-0.05, 0) is 12.8 Å². The summed E-state index contributed by atoms with van der Waals surface area (Å²) in [6, 6.07) is 3.26. The zero-order valence-corrected chi connectivity index (χ0v) is 9.38. The van der Waals surface area contributed by atoms with E-state index in [1.807, 2.05) is 6.07 Å². The summed E-state index contributed by atoms with van der Waals surface area (Å²) >= 11 is 0. The van der Waals surface area contributed by atoms with Gasteiger partial charge in [-0.1, -0.05) is 5.16 Å². The summed E-state index contributed by atoms with van der Waals surface area (Å²) in [5.41, 5.74) is 0.786. The predicted octanol–water partition coefficient (Wildman–Crippen LogP) is 1.40. The van der Waals surface area contributed by atoms with Crippen molar-refractivity contribution in [3.63, 3.8) is 0 Å². The topological polar surface area (TPSA) is 75.0 Å². The normalized spacial score (nSPS) is 14.9. The molecule has 0 saturated heterocycles. The van der Waals surface area contributed by atoms with Crippen molar-refractivity contribution in [2.75, 3.05) is 11.9 Å². The number of anilines is 2. The molecule has 17 heavy (non-hydrogen) atoms. The molecule has 2 heterocycles. The lowest BCUT2D eigenvalue weighted by Crippen LogP contribution is -2.17. The fourth-order valence-corrected chi connectivity index (χ4v) is 1.64. The van der Waals surface area contributed by atoms with Crippen LogP contribution in [-0.2, 0) is 0 Å². The lowest BCUT2D eigenvalue weighted by Gasteiger charge is -2.11. The third-order valence-corrected chi connectivity index (χ3v) is 2.82. The highest BCUT2D eigenvalue weighted by Gasteiger charge is 2.27. The molecule has 0 unspecified atom stereocenters. The second kappa shape index (κ2) is 3.73. The molecule has 88 valence electrons. The van der Waals surface area contributed by atoms with Crippen LogP contribution in [-0.4, -0.2) is 22.2 Å². The van der Waals surface area contributed by atoms with Crippen molar-refractivity contribution in [2.45, 2.75) is 18.8 Å². The number of aromatic nitrogens is 3. The molecule has 1 N–H and O–H groups in total. The minimum atomic E-state index is -0.191. The lowest BCUT2D eigenvalue weighted by atomic mass is 10.3. The van der Waals surface area contributed by atoms with E-state index >= 15 is 0 Å². The number of H-pyrrole nitrogens is 1. The largest absolute Gasteiger partial charge is 0.338 e. The standard InChI is InChI=1S/C11H12N4O2/c1-15(11-12-5-4-9(16)13-11)10-6-8(14-17-10)7-2-3-7/h4-7H,2-3H2,1H3,(H,12,13,16). The van der Waals surface area contributed by atoms with Gasteiger partial charge >= 0.3 is 0 Å². The Morgan fingerprint density at radius 2 is 2.35 bits per heavy atom. The predicted molar refractivity (Wildman–Crippen MR) is 61.4 cm³/mol. The van der Waals surface area contributed by atoms with Crippen LogP contribution in [0.15, 0.2) is 27.6 Å². The van der Waals surface area contributed by atoms with Gasteiger partial charge in [-0.15, -0.1) is 0 Å². The van der Waals surface area contributed by atoms with Crippen LogP contribution in [0.4, 0.5) is 11.8 Å². The van der Waals surface area contributed by atoms with E-state index in [9.17, 15) is 4.79 Å². The zero-order valence-electron chi connectivity index (χ0n) is 9.38. The zero-order chi connectivity index (χ0) is 11.8. The number of hydrogen-bond donors (Lipinski definition) is 1. The fraction of sp³-hybridized carbons (Fsp3) is 0.364. The highest BCUT2D eigenvalue weighted by molar-refractivity contribution is 5.49. The molecule has 1 saturated carbocycles. The van der Waals surface area contributed by atoms with Crippen molar-refractivity contribution in [1.29, 1.82) is 0 Å². The van der Waals surface area contributed by atoms with Gasteiger partial charge in [-0.2, -0.15) is 0 Å². The van der Waals surface area contributed by atoms with Crippen LogP contribution in [0.5, 0.6) is 0 Å². The van der Waals surface area contributed by atoms with Crippen molar-refractivity contribution in [1.82, 2.24) is 15.1 Å². The lowest BCUT2D eigenvalue weighted by molar-refractivity contribution is 0.417. The molecule has 6 heteroatoms. The minimum Gasteiger partial charge on any atom is -0.338 e. The number of hydrogen-bond acceptors (Lipinski definition) is 5. The first-order chi connectivity index (χ1) is 8.24. The maximum absolute atomic E-state index is 11.2. The van der Waals surface area contributed by atoms with Crippen LogP contribution in [0.3, 0.4) is 0 Å². The molecule has 0 spiro atoms. The van der Waals surface area contributed by atoms with Crippen LogP contribution in [0.25, 0.3) is 0 Å². The van der Waals surface area contributed by atoms with Crippen LogP contribution < -0.4 is 10.5 Å². The van der Waals surface area contributed by atoms with Crippen molar-refractivity contribution in [3.8, 4) is 0 Å². The van der Waals surface area contributed by atoms with E-state index in [0.29, 0.717) is 17.8 Å². The van der Waals surface area contributed by atoms with E-state index in [1.54, 1.807) is 11.9 Å². The molecule has 6 nitrogen and oxygen atoms in total. The van der Waals surface area contributed by atoms with Gasteiger partial charge in [0.2, 0.25) is 11.8 Å². The Balaban J connectivity index is 1.89. The number of aromatic amines is 1. The summed E-state index contributed by atoms with van der Waals surface area (Å²) in [4.78, 5) is 19.5. The molecular weight excluding hydrogens is 220 g/mol. The summed E-state index contributed by atoms with van der Waals surface area (Å²) in [5, 5.41) is 4.01. The summed E-state index contributed by atoms with van der Waals surface area (Å²) in [6.45, 7) is 0. The highest BCUT2D eigenvalue weighted by atomic mass is 16.5. The molecule has 3 rings (SSSR count). The first-order valence-corrected chi connectivity index (χ1v) is 5.50. The van der Waals surface area contributed by atoms with E-state index in [1.165, 1.54) is 25.1 Å². The van der Waals surface area contributed by atoms with Gasteiger partial charge in [0.25, 0.3) is 5.56 Å². The van der Waals surface area contributed by atoms with Gasteiger partial charge in [0.05, 0.1) is 5.69 Å². The summed E-state index contributed by atoms with van der Waals surface area (Å²) in [5.74, 6) is 1.57. The van der Waals surface area contributed by atoms with Gasteiger partial charge in [-0.25, -0.2) is 4.98 Å². The molecule has 2 aromatic heterocycles. The quantitative estimate of drug-likeness (QED) is 0.865. The van der Waals surface area contributed by atoms with Crippen LogP contribution in [0, 0.1) is 0 Å². The Morgan fingerprint density at radius 3 is 3.06 bits per heavy atom. The monoisotopic (exact) mass is 232 g/mol. The maximum atomic E-state index is 11.2. The van der Waals surface area contributed by atoms with Crippen molar-refractivity contribution >= 4 is 11.8 Å². The van der Waals surface area contributed by atoms with Gasteiger partial charge in [0.1, 0.15) is 0 Å². The Morgan fingerprint density at radius 1 is 1.53 bits per heavy atom. The smallest absolute Gasteiger partial charge is 0.252 e. The van der Waals surface area contributed by atoms with E-state index in [0.717, 1.165) is 5.69 Å². The molecule has 1 aliphatic rings. The molecule has 0 atom stereocenters. The Labute approximate surface area is 97.3 Å². The summed E-state index contributed by atoms with van der Waals surface area (Å²) in [6.07, 6.45) is 3.81. The van der Waals surface area contributed by atoms with Crippen LogP contribution >= 0.6 is 0 Å². The van der Waals surface area contributed by atoms with E-state index in [-0.39, 0.29) is 5.56 Å². The maximum Gasteiger partial charge on any atom is 0.252 e. The first kappa shape index (κ1) is 10.1. The van der Waals surface area contributed by atoms with Gasteiger partial charge in [-0.3, -0.25) is 14.7 Å². The van der Waals surface area contributed by atoms with Crippen molar-refractivity contribution in [2.24, 2.45) is 0 Å². The molecule has 0 amide bonds. The Bertz CT molecular complexity index is 585. The number of nitrogens with one attached hydrogen (secondary N) is 1. The Kier molecular flexibility index (Phi) is 2.21. The number of rotatable bonds is 3. The van der Waals surface area contributed by atoms with Crippen LogP contribution in [0.2, 0.25) is 0 Å². The highest BCUT2D eigenvalue weighted by Crippen LogP contribution is 2.40. The van der Waals surface area contributed by atoms with E-state index in [4.69, 9.17) is 4.52 Å². The Hall–Kier alpha value is -2.11. The molecule has 0 aromatic carbocycles. The second-order valence-electron chi connectivity index (χ2n) is 4.18. The number of nitrogens with zero attached hydrogens (tertiary/aromatic N) is 3. The molecule has 0 aliphatic heterocycles. The van der Waals surface area contributed by atoms with Crippen molar-refractivity contribution in [3.05, 3.63) is 34.4 Å². The second-order valence-corrected chi connectivity index (χ2v) is 4.18. The first-order valence-electron chi connectivity index (χ1n) is 5.50. The average Bonchev–Trinajstić information content (AvgIpc) is 3.07. The summed E-state index contributed by atoms with van der Waals surface area (Å²) < 4.78 is 5.24. The minimum absolute atomic E-state index is 0.191. The SMILES string of the molecule is CN(c1nccc(=O)[nH]1)c1cc(C2CC2)no1. The third-order valence-electron chi connectivity index (χ3n) is 2.82. The molecule has 1 fully saturated rings. The third kappa shape index (κ3) is 1.93. The van der Waals surface area contributed by atoms with Gasteiger partial charge in [0.15, 0.2) is 0 Å². The molecular formula is C11H12N4O2. The summed E-state index contributed by atoms with van der Waals surface area (Å²) in [7, 11) is 1.77.